The summed E-state index contributed by atoms with van der Waals surface area (Å²) in [5, 5.41) is 19.3. The summed E-state index contributed by atoms with van der Waals surface area (Å²) >= 11 is 0. The fourth-order valence-electron chi connectivity index (χ4n) is 4.19. The number of amides is 1. The van der Waals surface area contributed by atoms with E-state index < -0.39 is 0 Å². The van der Waals surface area contributed by atoms with Crippen LogP contribution in [-0.4, -0.2) is 55.4 Å². The highest BCUT2D eigenvalue weighted by Gasteiger charge is 2.28. The summed E-state index contributed by atoms with van der Waals surface area (Å²) in [5.74, 6) is 1.84. The lowest BCUT2D eigenvalue weighted by molar-refractivity contribution is -0.115. The lowest BCUT2D eigenvalue weighted by Gasteiger charge is -2.35. The first-order valence-electron chi connectivity index (χ1n) is 10.2. The van der Waals surface area contributed by atoms with E-state index in [0.717, 1.165) is 55.0 Å². The molecular weight excluding hydrogens is 382 g/mol. The van der Waals surface area contributed by atoms with Crippen molar-refractivity contribution < 1.29 is 9.90 Å². The van der Waals surface area contributed by atoms with Crippen molar-refractivity contribution in [3.63, 3.8) is 0 Å². The predicted octanol–water partition coefficient (Wildman–Crippen LogP) is 2.24. The minimum absolute atomic E-state index is 0.0222. The number of hydrogen-bond acceptors (Lipinski definition) is 7. The maximum Gasteiger partial charge on any atom is 0.244 e. The van der Waals surface area contributed by atoms with Gasteiger partial charge in [0, 0.05) is 18.3 Å². The van der Waals surface area contributed by atoms with Gasteiger partial charge in [-0.1, -0.05) is 0 Å². The molecule has 0 unspecified atom stereocenters. The number of hydrogen-bond donors (Lipinski definition) is 3. The number of carbonyl (C=O) groups excluding carboxylic acids is 1. The Hall–Kier alpha value is -3.33. The van der Waals surface area contributed by atoms with Crippen LogP contribution in [-0.2, 0) is 4.79 Å². The summed E-state index contributed by atoms with van der Waals surface area (Å²) < 4.78 is 0. The van der Waals surface area contributed by atoms with Crippen LogP contribution in [0.3, 0.4) is 0 Å². The first-order chi connectivity index (χ1) is 14.7. The van der Waals surface area contributed by atoms with Gasteiger partial charge in [0.15, 0.2) is 11.6 Å². The molecule has 0 atom stereocenters. The van der Waals surface area contributed by atoms with E-state index in [1.54, 1.807) is 6.20 Å². The molecule has 0 spiro atoms. The van der Waals surface area contributed by atoms with Crippen LogP contribution in [0.2, 0.25) is 0 Å². The van der Waals surface area contributed by atoms with E-state index in [1.807, 2.05) is 24.3 Å². The number of rotatable bonds is 4. The predicted molar refractivity (Wildman–Crippen MR) is 112 cm³/mol. The molecule has 3 aromatic rings. The third-order valence-corrected chi connectivity index (χ3v) is 5.79. The van der Waals surface area contributed by atoms with E-state index in [4.69, 9.17) is 4.98 Å². The Labute approximate surface area is 173 Å². The minimum atomic E-state index is -0.185. The molecule has 9 nitrogen and oxygen atoms in total. The highest BCUT2D eigenvalue weighted by atomic mass is 16.3. The molecule has 30 heavy (non-hydrogen) atoms. The Bertz CT molecular complexity index is 1030. The second-order valence-electron chi connectivity index (χ2n) is 7.94. The van der Waals surface area contributed by atoms with E-state index in [9.17, 15) is 9.90 Å². The number of nitrogens with zero attached hydrogens (tertiary/aromatic N) is 5. The highest BCUT2D eigenvalue weighted by molar-refractivity contribution is 6.00. The largest absolute Gasteiger partial charge is 0.393 e. The number of fused-ring (bicyclic) bond motifs is 1. The van der Waals surface area contributed by atoms with Crippen molar-refractivity contribution >= 4 is 17.4 Å². The van der Waals surface area contributed by atoms with Crippen LogP contribution in [0.25, 0.3) is 22.8 Å². The van der Waals surface area contributed by atoms with Crippen LogP contribution in [0.1, 0.15) is 25.7 Å². The Balaban J connectivity index is 1.40. The van der Waals surface area contributed by atoms with Crippen molar-refractivity contribution in [1.82, 2.24) is 25.1 Å². The maximum atomic E-state index is 12.2. The number of aliphatic hydroxyl groups is 1. The number of aromatic amines is 1. The molecule has 1 aliphatic heterocycles. The summed E-state index contributed by atoms with van der Waals surface area (Å²) in [6, 6.07) is 7.62. The van der Waals surface area contributed by atoms with Crippen LogP contribution >= 0.6 is 0 Å². The molecule has 1 fully saturated rings. The number of aromatic nitrogens is 5. The van der Waals surface area contributed by atoms with Crippen LogP contribution in [0.4, 0.5) is 11.5 Å². The molecule has 4 heterocycles. The molecule has 2 aliphatic rings. The molecule has 0 saturated heterocycles. The molecule has 0 radical (unpaired) electrons. The van der Waals surface area contributed by atoms with Crippen molar-refractivity contribution in [3.05, 3.63) is 36.8 Å². The molecule has 0 bridgehead atoms. The Morgan fingerprint density at radius 2 is 1.90 bits per heavy atom. The van der Waals surface area contributed by atoms with Crippen molar-refractivity contribution in [1.29, 1.82) is 0 Å². The molecular formula is C21H23N7O2. The van der Waals surface area contributed by atoms with E-state index in [0.29, 0.717) is 24.0 Å². The quantitative estimate of drug-likeness (QED) is 0.609. The molecule has 3 N–H and O–H groups in total. The topological polar surface area (TPSA) is 120 Å². The summed E-state index contributed by atoms with van der Waals surface area (Å²) in [4.78, 5) is 27.7. The average Bonchev–Trinajstić information content (AvgIpc) is 3.30. The lowest BCUT2D eigenvalue weighted by Crippen LogP contribution is -2.42. The summed E-state index contributed by atoms with van der Waals surface area (Å²) in [6.45, 7) is 1.07. The Morgan fingerprint density at radius 1 is 1.07 bits per heavy atom. The van der Waals surface area contributed by atoms with Crippen molar-refractivity contribution in [3.8, 4) is 22.8 Å². The van der Waals surface area contributed by atoms with Crippen LogP contribution in [0.5, 0.6) is 0 Å². The number of carbonyl (C=O) groups is 1. The lowest BCUT2D eigenvalue weighted by atomic mass is 9.87. The van der Waals surface area contributed by atoms with Gasteiger partial charge in [-0.25, -0.2) is 9.97 Å². The number of nitrogens with one attached hydrogen (secondary N) is 2. The normalized spacial score (nSPS) is 21.2. The molecule has 3 aromatic heterocycles. The summed E-state index contributed by atoms with van der Waals surface area (Å²) in [5.41, 5.74) is 3.13. The van der Waals surface area contributed by atoms with Gasteiger partial charge in [-0.3, -0.25) is 14.9 Å². The van der Waals surface area contributed by atoms with E-state index in [1.165, 1.54) is 6.33 Å². The van der Waals surface area contributed by atoms with Crippen LogP contribution in [0, 0.1) is 5.92 Å². The first kappa shape index (κ1) is 18.7. The standard InChI is InChI=1S/C21H23N7O2/c29-15-4-1-13(2-5-15)10-28-11-19(30)25-18-8-7-16(26-21(18)28)14-3-6-17(22-9-14)20-23-12-24-27-20/h3,6-9,12-13,15,29H,1-2,4-5,10-11H2,(H,25,30)(H,23,24,27). The van der Waals surface area contributed by atoms with E-state index >= 15 is 0 Å². The van der Waals surface area contributed by atoms with Gasteiger partial charge in [0.25, 0.3) is 0 Å². The second-order valence-corrected chi connectivity index (χ2v) is 7.94. The SMILES string of the molecule is O=C1CN(CC2CCC(O)CC2)c2nc(-c3ccc(-c4ncn[nH]4)nc3)ccc2N1. The van der Waals surface area contributed by atoms with E-state index in [-0.39, 0.29) is 12.0 Å². The number of anilines is 2. The molecule has 9 heteroatoms. The molecule has 154 valence electrons. The number of aliphatic hydroxyl groups excluding tert-OH is 1. The van der Waals surface area contributed by atoms with Gasteiger partial charge in [-0.05, 0) is 55.9 Å². The number of pyridine rings is 2. The third kappa shape index (κ3) is 3.76. The van der Waals surface area contributed by atoms with Gasteiger partial charge in [0.1, 0.15) is 12.0 Å². The zero-order valence-corrected chi connectivity index (χ0v) is 16.5. The van der Waals surface area contributed by atoms with Gasteiger partial charge in [-0.2, -0.15) is 5.10 Å². The Kier molecular flexibility index (Phi) is 4.88. The van der Waals surface area contributed by atoms with Crippen molar-refractivity contribution in [2.75, 3.05) is 23.3 Å². The van der Waals surface area contributed by atoms with Gasteiger partial charge in [-0.15, -0.1) is 0 Å². The molecule has 1 saturated carbocycles. The summed E-state index contributed by atoms with van der Waals surface area (Å²) in [7, 11) is 0. The molecule has 1 amide bonds. The third-order valence-electron chi connectivity index (χ3n) is 5.79. The average molecular weight is 405 g/mol. The zero-order chi connectivity index (χ0) is 20.5. The van der Waals surface area contributed by atoms with Gasteiger partial charge < -0.3 is 15.3 Å². The van der Waals surface area contributed by atoms with Crippen LogP contribution in [0.15, 0.2) is 36.8 Å². The van der Waals surface area contributed by atoms with E-state index in [2.05, 4.69) is 30.4 Å². The van der Waals surface area contributed by atoms with Gasteiger partial charge in [0.2, 0.25) is 5.91 Å². The van der Waals surface area contributed by atoms with Crippen LogP contribution < -0.4 is 10.2 Å². The number of H-pyrrole nitrogens is 1. The highest BCUT2D eigenvalue weighted by Crippen LogP contribution is 2.33. The molecule has 0 aromatic carbocycles. The van der Waals surface area contributed by atoms with Gasteiger partial charge >= 0.3 is 0 Å². The zero-order valence-electron chi connectivity index (χ0n) is 16.5. The Morgan fingerprint density at radius 3 is 2.63 bits per heavy atom. The summed E-state index contributed by atoms with van der Waals surface area (Å²) in [6.07, 6.45) is 6.63. The molecule has 5 rings (SSSR count). The second kappa shape index (κ2) is 7.83. The van der Waals surface area contributed by atoms with Crippen molar-refractivity contribution in [2.24, 2.45) is 5.92 Å². The minimum Gasteiger partial charge on any atom is -0.393 e. The van der Waals surface area contributed by atoms with Gasteiger partial charge in [0.05, 0.1) is 24.0 Å². The fraction of sp³-hybridized carbons (Fsp3) is 0.381. The fourth-order valence-corrected chi connectivity index (χ4v) is 4.19. The first-order valence-corrected chi connectivity index (χ1v) is 10.2. The molecule has 1 aliphatic carbocycles. The smallest absolute Gasteiger partial charge is 0.244 e. The van der Waals surface area contributed by atoms with Crippen molar-refractivity contribution in [2.45, 2.75) is 31.8 Å². The maximum absolute atomic E-state index is 12.2. The monoisotopic (exact) mass is 405 g/mol.